The van der Waals surface area contributed by atoms with Crippen molar-refractivity contribution in [1.29, 1.82) is 0 Å². The van der Waals surface area contributed by atoms with Gasteiger partial charge in [0.25, 0.3) is 5.91 Å². The molecular weight excluding hydrogens is 252 g/mol. The SMILES string of the molecule is C=CCN1C(=O)c2cccc(C)c2Oc2ncccc21. The van der Waals surface area contributed by atoms with E-state index in [1.807, 2.05) is 25.1 Å². The normalized spacial score (nSPS) is 13.1. The van der Waals surface area contributed by atoms with Gasteiger partial charge in [-0.25, -0.2) is 4.98 Å². The van der Waals surface area contributed by atoms with Gasteiger partial charge >= 0.3 is 0 Å². The lowest BCUT2D eigenvalue weighted by atomic mass is 10.1. The van der Waals surface area contributed by atoms with Gasteiger partial charge in [0, 0.05) is 12.7 Å². The summed E-state index contributed by atoms with van der Waals surface area (Å²) >= 11 is 0. The predicted octanol–water partition coefficient (Wildman–Crippen LogP) is 3.33. The van der Waals surface area contributed by atoms with E-state index in [9.17, 15) is 4.79 Å². The molecule has 0 spiro atoms. The Labute approximate surface area is 117 Å². The van der Waals surface area contributed by atoms with Crippen LogP contribution in [0.15, 0.2) is 49.2 Å². The minimum Gasteiger partial charge on any atom is -0.436 e. The van der Waals surface area contributed by atoms with Crippen LogP contribution in [0.2, 0.25) is 0 Å². The number of aryl methyl sites for hydroxylation is 1. The van der Waals surface area contributed by atoms with Crippen LogP contribution in [-0.4, -0.2) is 17.4 Å². The molecule has 20 heavy (non-hydrogen) atoms. The van der Waals surface area contributed by atoms with Gasteiger partial charge in [0.15, 0.2) is 0 Å². The van der Waals surface area contributed by atoms with Crippen LogP contribution in [0.25, 0.3) is 0 Å². The number of rotatable bonds is 2. The molecule has 0 atom stereocenters. The largest absolute Gasteiger partial charge is 0.436 e. The molecule has 1 aliphatic heterocycles. The van der Waals surface area contributed by atoms with Gasteiger partial charge < -0.3 is 4.74 Å². The number of amides is 1. The van der Waals surface area contributed by atoms with Gasteiger partial charge in [-0.3, -0.25) is 9.69 Å². The van der Waals surface area contributed by atoms with Crippen molar-refractivity contribution < 1.29 is 9.53 Å². The highest BCUT2D eigenvalue weighted by Gasteiger charge is 2.28. The van der Waals surface area contributed by atoms with Crippen LogP contribution in [0.1, 0.15) is 15.9 Å². The van der Waals surface area contributed by atoms with Crippen molar-refractivity contribution in [3.63, 3.8) is 0 Å². The van der Waals surface area contributed by atoms with Crippen molar-refractivity contribution in [2.24, 2.45) is 0 Å². The summed E-state index contributed by atoms with van der Waals surface area (Å²) in [5, 5.41) is 0. The summed E-state index contributed by atoms with van der Waals surface area (Å²) in [6.07, 6.45) is 3.34. The van der Waals surface area contributed by atoms with Crippen molar-refractivity contribution in [2.75, 3.05) is 11.4 Å². The second-order valence-corrected chi connectivity index (χ2v) is 4.59. The number of ether oxygens (including phenoxy) is 1. The van der Waals surface area contributed by atoms with E-state index in [0.717, 1.165) is 5.56 Å². The predicted molar refractivity (Wildman–Crippen MR) is 77.4 cm³/mol. The highest BCUT2D eigenvalue weighted by molar-refractivity contribution is 6.09. The van der Waals surface area contributed by atoms with E-state index >= 15 is 0 Å². The molecule has 1 amide bonds. The molecule has 0 unspecified atom stereocenters. The van der Waals surface area contributed by atoms with Gasteiger partial charge in [0.2, 0.25) is 5.88 Å². The zero-order valence-corrected chi connectivity index (χ0v) is 11.2. The Hall–Kier alpha value is -2.62. The van der Waals surface area contributed by atoms with Crippen LogP contribution in [0.3, 0.4) is 0 Å². The van der Waals surface area contributed by atoms with E-state index < -0.39 is 0 Å². The summed E-state index contributed by atoms with van der Waals surface area (Å²) in [6, 6.07) is 9.15. The molecule has 0 saturated heterocycles. The number of anilines is 1. The lowest BCUT2D eigenvalue weighted by molar-refractivity contribution is 0.0990. The third kappa shape index (κ3) is 1.86. The molecule has 4 heteroatoms. The van der Waals surface area contributed by atoms with Crippen molar-refractivity contribution in [3.05, 3.63) is 60.3 Å². The third-order valence-electron chi connectivity index (χ3n) is 3.24. The Kier molecular flexibility index (Phi) is 2.99. The molecule has 100 valence electrons. The van der Waals surface area contributed by atoms with Crippen LogP contribution in [0.5, 0.6) is 11.6 Å². The fourth-order valence-corrected chi connectivity index (χ4v) is 2.28. The summed E-state index contributed by atoms with van der Waals surface area (Å²) in [6.45, 7) is 6.04. The molecule has 1 aliphatic rings. The number of para-hydroxylation sites is 1. The molecule has 2 aromatic rings. The van der Waals surface area contributed by atoms with Gasteiger partial charge in [-0.2, -0.15) is 0 Å². The number of carbonyl (C=O) groups is 1. The molecule has 2 heterocycles. The number of pyridine rings is 1. The van der Waals surface area contributed by atoms with Crippen molar-refractivity contribution >= 4 is 11.6 Å². The number of hydrogen-bond acceptors (Lipinski definition) is 3. The fourth-order valence-electron chi connectivity index (χ4n) is 2.28. The first-order chi connectivity index (χ1) is 9.72. The van der Waals surface area contributed by atoms with Crippen LogP contribution in [-0.2, 0) is 0 Å². The van der Waals surface area contributed by atoms with Gasteiger partial charge in [-0.1, -0.05) is 18.2 Å². The summed E-state index contributed by atoms with van der Waals surface area (Å²) in [7, 11) is 0. The Morgan fingerprint density at radius 2 is 2.20 bits per heavy atom. The molecule has 1 aromatic heterocycles. The molecule has 4 nitrogen and oxygen atoms in total. The lowest BCUT2D eigenvalue weighted by Crippen LogP contribution is -2.30. The number of carbonyl (C=O) groups excluding carboxylic acids is 1. The van der Waals surface area contributed by atoms with E-state index in [4.69, 9.17) is 4.74 Å². The maximum atomic E-state index is 12.7. The van der Waals surface area contributed by atoms with Gasteiger partial charge in [0.05, 0.1) is 5.56 Å². The standard InChI is InChI=1S/C16H14N2O2/c1-3-10-18-13-8-5-9-17-15(13)20-14-11(2)6-4-7-12(14)16(18)19/h3-9H,1,10H2,2H3. The smallest absolute Gasteiger partial charge is 0.262 e. The van der Waals surface area contributed by atoms with Crippen molar-refractivity contribution in [1.82, 2.24) is 4.98 Å². The van der Waals surface area contributed by atoms with Gasteiger partial charge in [0.1, 0.15) is 11.4 Å². The average molecular weight is 266 g/mol. The monoisotopic (exact) mass is 266 g/mol. The topological polar surface area (TPSA) is 42.4 Å². The lowest BCUT2D eigenvalue weighted by Gasteiger charge is -2.19. The van der Waals surface area contributed by atoms with E-state index in [1.165, 1.54) is 0 Å². The zero-order valence-electron chi connectivity index (χ0n) is 11.2. The Morgan fingerprint density at radius 3 is 3.00 bits per heavy atom. The molecule has 0 saturated carbocycles. The Bertz CT molecular complexity index is 695. The van der Waals surface area contributed by atoms with Crippen molar-refractivity contribution in [2.45, 2.75) is 6.92 Å². The highest BCUT2D eigenvalue weighted by atomic mass is 16.5. The molecule has 0 fully saturated rings. The number of hydrogen-bond donors (Lipinski definition) is 0. The second kappa shape index (κ2) is 4.81. The summed E-state index contributed by atoms with van der Waals surface area (Å²) in [4.78, 5) is 18.6. The quantitative estimate of drug-likeness (QED) is 0.783. The molecule has 0 aliphatic carbocycles. The maximum Gasteiger partial charge on any atom is 0.262 e. The summed E-state index contributed by atoms with van der Waals surface area (Å²) < 4.78 is 5.87. The zero-order chi connectivity index (χ0) is 14.1. The molecule has 0 bridgehead atoms. The molecular formula is C16H14N2O2. The number of benzene rings is 1. The van der Waals surface area contributed by atoms with Crippen molar-refractivity contribution in [3.8, 4) is 11.6 Å². The second-order valence-electron chi connectivity index (χ2n) is 4.59. The van der Waals surface area contributed by atoms with Gasteiger partial charge in [-0.05, 0) is 30.7 Å². The van der Waals surface area contributed by atoms with Crippen LogP contribution in [0.4, 0.5) is 5.69 Å². The van der Waals surface area contributed by atoms with E-state index in [0.29, 0.717) is 29.4 Å². The molecule has 1 aromatic carbocycles. The Morgan fingerprint density at radius 1 is 1.35 bits per heavy atom. The highest BCUT2D eigenvalue weighted by Crippen LogP contribution is 2.38. The first-order valence-corrected chi connectivity index (χ1v) is 6.37. The minimum absolute atomic E-state index is 0.102. The number of fused-ring (bicyclic) bond motifs is 2. The van der Waals surface area contributed by atoms with Crippen LogP contribution < -0.4 is 9.64 Å². The van der Waals surface area contributed by atoms with E-state index in [1.54, 1.807) is 29.3 Å². The molecule has 0 radical (unpaired) electrons. The van der Waals surface area contributed by atoms with E-state index in [2.05, 4.69) is 11.6 Å². The third-order valence-corrected chi connectivity index (χ3v) is 3.24. The number of aromatic nitrogens is 1. The fraction of sp³-hybridized carbons (Fsp3) is 0.125. The minimum atomic E-state index is -0.102. The summed E-state index contributed by atoms with van der Waals surface area (Å²) in [5.74, 6) is 0.912. The van der Waals surface area contributed by atoms with E-state index in [-0.39, 0.29) is 5.91 Å². The first kappa shape index (κ1) is 12.4. The van der Waals surface area contributed by atoms with Crippen LogP contribution in [0, 0.1) is 6.92 Å². The number of nitrogens with zero attached hydrogens (tertiary/aromatic N) is 2. The molecule has 0 N–H and O–H groups in total. The molecule has 3 rings (SSSR count). The Balaban J connectivity index is 2.25. The maximum absolute atomic E-state index is 12.7. The average Bonchev–Trinajstić information content (AvgIpc) is 2.58. The first-order valence-electron chi connectivity index (χ1n) is 6.37. The summed E-state index contributed by atoms with van der Waals surface area (Å²) in [5.41, 5.74) is 2.12. The van der Waals surface area contributed by atoms with Gasteiger partial charge in [-0.15, -0.1) is 6.58 Å². The van der Waals surface area contributed by atoms with Crippen LogP contribution >= 0.6 is 0 Å².